The number of aliphatic hydroxyl groups is 5. The lowest BCUT2D eigenvalue weighted by Gasteiger charge is -2.41. The van der Waals surface area contributed by atoms with Crippen LogP contribution in [-0.4, -0.2) is 98.3 Å². The second-order valence-electron chi connectivity index (χ2n) is 15.9. The number of carbonyl (C=O) groups excluding carboxylic acids is 2. The Morgan fingerprint density at radius 1 is 0.524 bits per heavy atom. The fourth-order valence-corrected chi connectivity index (χ4v) is 7.48. The Morgan fingerprint density at radius 2 is 0.952 bits per heavy atom. The molecule has 1 aliphatic carbocycles. The van der Waals surface area contributed by atoms with Crippen LogP contribution in [0.3, 0.4) is 0 Å². The highest BCUT2D eigenvalue weighted by molar-refractivity contribution is 7.47. The smallest absolute Gasteiger partial charge is 0.462 e. The largest absolute Gasteiger partial charge is 0.472 e. The molecular weight excluding hydrogens is 828 g/mol. The predicted octanol–water partition coefficient (Wildman–Crippen LogP) is 9.28. The normalized spacial score (nSPS) is 22.5. The third-order valence-electron chi connectivity index (χ3n) is 10.3. The summed E-state index contributed by atoms with van der Waals surface area (Å²) in [7, 11) is -5.15. The summed E-state index contributed by atoms with van der Waals surface area (Å²) in [6.45, 7) is 3.06. The van der Waals surface area contributed by atoms with Crippen molar-refractivity contribution in [3.63, 3.8) is 0 Å². The SMILES string of the molecule is CC/C=C\C/C=C\C/C=C\C/C=C\C/C=C\CC(=O)OC(COC(=O)CCCCCCCCCCC/C=C\C/C=C\CCCCC)COP(=O)(O)OC1C(O)C(O)C(O)C(O)C1O. The van der Waals surface area contributed by atoms with Gasteiger partial charge in [-0.05, 0) is 70.6 Å². The molecule has 0 heterocycles. The quantitative estimate of drug-likeness (QED) is 0.0149. The average molecular weight is 909 g/mol. The molecule has 1 aliphatic rings. The Kier molecular flexibility index (Phi) is 35.3. The minimum absolute atomic E-state index is 0.138. The van der Waals surface area contributed by atoms with Gasteiger partial charge in [-0.3, -0.25) is 18.6 Å². The van der Waals surface area contributed by atoms with E-state index in [2.05, 4.69) is 74.6 Å². The van der Waals surface area contributed by atoms with Gasteiger partial charge in [0, 0.05) is 6.42 Å². The topological polar surface area (TPSA) is 210 Å². The summed E-state index contributed by atoms with van der Waals surface area (Å²) in [6, 6.07) is 0. The second-order valence-corrected chi connectivity index (χ2v) is 17.3. The van der Waals surface area contributed by atoms with E-state index in [0.29, 0.717) is 12.8 Å². The van der Waals surface area contributed by atoms with E-state index in [9.17, 15) is 44.6 Å². The maximum Gasteiger partial charge on any atom is 0.472 e. The van der Waals surface area contributed by atoms with Crippen LogP contribution in [0.1, 0.15) is 155 Å². The first kappa shape index (κ1) is 58.0. The Balaban J connectivity index is 2.50. The molecule has 0 amide bonds. The molecule has 0 aromatic rings. The van der Waals surface area contributed by atoms with Crippen LogP contribution in [0.25, 0.3) is 0 Å². The molecule has 0 aliphatic heterocycles. The molecule has 14 heteroatoms. The molecule has 6 unspecified atom stereocenters. The van der Waals surface area contributed by atoms with Crippen LogP contribution in [0.5, 0.6) is 0 Å². The van der Waals surface area contributed by atoms with E-state index in [0.717, 1.165) is 64.2 Å². The first-order valence-corrected chi connectivity index (χ1v) is 24.9. The van der Waals surface area contributed by atoms with Crippen LogP contribution < -0.4 is 0 Å². The summed E-state index contributed by atoms with van der Waals surface area (Å²) >= 11 is 0. The number of aliphatic hydroxyl groups excluding tert-OH is 5. The standard InChI is InChI=1S/C49H81O13P/c1-3-5-7-9-11-13-15-17-19-20-21-22-24-25-27-29-31-33-35-37-42(50)59-39-41(40-60-63(57,58)62-49-47(55)45(53)44(52)46(54)48(49)56)61-43(51)38-36-34-32-30-28-26-23-18-16-14-12-10-8-6-4-2/h6,8,11-14,17-19,23,28,30,34,36,41,44-49,52-56H,3-5,7,9-10,15-16,20-22,24-27,29,31-33,35,37-40H2,1-2H3,(H,57,58)/b8-6-,13-11-,14-12-,19-17-,23-18-,30-28-,36-34-. The summed E-state index contributed by atoms with van der Waals surface area (Å²) in [4.78, 5) is 35.6. The van der Waals surface area contributed by atoms with Crippen LogP contribution in [0.2, 0.25) is 0 Å². The van der Waals surface area contributed by atoms with Gasteiger partial charge in [0.05, 0.1) is 13.0 Å². The highest BCUT2D eigenvalue weighted by atomic mass is 31.2. The molecule has 6 atom stereocenters. The fourth-order valence-electron chi connectivity index (χ4n) is 6.51. The number of ether oxygens (including phenoxy) is 2. The van der Waals surface area contributed by atoms with Crippen LogP contribution in [0.4, 0.5) is 0 Å². The van der Waals surface area contributed by atoms with Crippen molar-refractivity contribution in [1.29, 1.82) is 0 Å². The highest BCUT2D eigenvalue weighted by Crippen LogP contribution is 2.47. The van der Waals surface area contributed by atoms with Gasteiger partial charge in [-0.2, -0.15) is 0 Å². The molecule has 0 aromatic carbocycles. The highest BCUT2D eigenvalue weighted by Gasteiger charge is 2.51. The lowest BCUT2D eigenvalue weighted by atomic mass is 9.85. The molecule has 63 heavy (non-hydrogen) atoms. The van der Waals surface area contributed by atoms with E-state index < -0.39 is 75.7 Å². The van der Waals surface area contributed by atoms with E-state index in [1.165, 1.54) is 51.4 Å². The molecule has 13 nitrogen and oxygen atoms in total. The predicted molar refractivity (Wildman–Crippen MR) is 248 cm³/mol. The zero-order valence-electron chi connectivity index (χ0n) is 38.1. The van der Waals surface area contributed by atoms with Crippen molar-refractivity contribution >= 4 is 19.8 Å². The average Bonchev–Trinajstić information content (AvgIpc) is 3.26. The van der Waals surface area contributed by atoms with E-state index >= 15 is 0 Å². The third-order valence-corrected chi connectivity index (χ3v) is 11.2. The van der Waals surface area contributed by atoms with Crippen LogP contribution >= 0.6 is 7.82 Å². The van der Waals surface area contributed by atoms with E-state index in [4.69, 9.17) is 18.5 Å². The van der Waals surface area contributed by atoms with E-state index in [-0.39, 0.29) is 12.8 Å². The van der Waals surface area contributed by atoms with Crippen molar-refractivity contribution in [2.75, 3.05) is 13.2 Å². The minimum Gasteiger partial charge on any atom is -0.462 e. The number of esters is 2. The fraction of sp³-hybridized carbons (Fsp3) is 0.673. The van der Waals surface area contributed by atoms with Crippen LogP contribution in [-0.2, 0) is 32.7 Å². The number of phosphoric ester groups is 1. The van der Waals surface area contributed by atoms with Crippen molar-refractivity contribution in [1.82, 2.24) is 0 Å². The first-order chi connectivity index (χ1) is 30.4. The van der Waals surface area contributed by atoms with Gasteiger partial charge in [0.2, 0.25) is 0 Å². The van der Waals surface area contributed by atoms with Gasteiger partial charge >= 0.3 is 19.8 Å². The summed E-state index contributed by atoms with van der Waals surface area (Å²) in [5.74, 6) is -1.26. The van der Waals surface area contributed by atoms with Crippen LogP contribution in [0, 0.1) is 0 Å². The van der Waals surface area contributed by atoms with E-state index in [1.807, 2.05) is 12.2 Å². The third kappa shape index (κ3) is 30.7. The molecule has 360 valence electrons. The van der Waals surface area contributed by atoms with Gasteiger partial charge < -0.3 is 39.9 Å². The van der Waals surface area contributed by atoms with Crippen molar-refractivity contribution in [2.24, 2.45) is 0 Å². The summed E-state index contributed by atoms with van der Waals surface area (Å²) in [5, 5.41) is 50.1. The molecule has 1 rings (SSSR count). The number of hydrogen-bond donors (Lipinski definition) is 6. The summed E-state index contributed by atoms with van der Waals surface area (Å²) in [5.41, 5.74) is 0. The van der Waals surface area contributed by atoms with E-state index in [1.54, 1.807) is 12.2 Å². The maximum absolute atomic E-state index is 12.8. The molecule has 0 radical (unpaired) electrons. The second kappa shape index (κ2) is 38.3. The van der Waals surface area contributed by atoms with Gasteiger partial charge in [0.25, 0.3) is 0 Å². The lowest BCUT2D eigenvalue weighted by molar-refractivity contribution is -0.220. The molecule has 1 saturated carbocycles. The Bertz CT molecular complexity index is 1420. The Labute approximate surface area is 378 Å². The Hall–Kier alpha value is -2.97. The van der Waals surface area contributed by atoms with Crippen LogP contribution in [0.15, 0.2) is 85.1 Å². The van der Waals surface area contributed by atoms with Gasteiger partial charge in [-0.1, -0.05) is 157 Å². The van der Waals surface area contributed by atoms with Crippen molar-refractivity contribution in [3.8, 4) is 0 Å². The molecule has 0 aromatic heterocycles. The maximum atomic E-state index is 12.8. The molecule has 1 fully saturated rings. The molecule has 0 bridgehead atoms. The molecule has 0 spiro atoms. The van der Waals surface area contributed by atoms with Crippen molar-refractivity contribution in [3.05, 3.63) is 85.1 Å². The lowest BCUT2D eigenvalue weighted by Crippen LogP contribution is -2.64. The first-order valence-electron chi connectivity index (χ1n) is 23.4. The summed E-state index contributed by atoms with van der Waals surface area (Å²) < 4.78 is 33.4. The minimum atomic E-state index is -5.15. The number of allylic oxidation sites excluding steroid dienone is 13. The molecular formula is C49H81O13P. The Morgan fingerprint density at radius 3 is 1.46 bits per heavy atom. The summed E-state index contributed by atoms with van der Waals surface area (Å²) in [6.07, 6.45) is 36.6. The monoisotopic (exact) mass is 909 g/mol. The van der Waals surface area contributed by atoms with Gasteiger partial charge in [-0.25, -0.2) is 4.57 Å². The zero-order valence-corrected chi connectivity index (χ0v) is 39.0. The van der Waals surface area contributed by atoms with Gasteiger partial charge in [0.15, 0.2) is 6.10 Å². The van der Waals surface area contributed by atoms with Gasteiger partial charge in [-0.15, -0.1) is 0 Å². The number of rotatable bonds is 37. The van der Waals surface area contributed by atoms with Crippen molar-refractivity contribution < 1.29 is 63.1 Å². The number of phosphoric acid groups is 1. The molecule has 6 N–H and O–H groups in total. The van der Waals surface area contributed by atoms with Crippen molar-refractivity contribution in [2.45, 2.75) is 198 Å². The molecule has 0 saturated heterocycles. The zero-order chi connectivity index (χ0) is 46.4. The number of carbonyl (C=O) groups is 2. The number of hydrogen-bond acceptors (Lipinski definition) is 12. The van der Waals surface area contributed by atoms with Gasteiger partial charge in [0.1, 0.15) is 43.2 Å². The number of unbranched alkanes of at least 4 members (excludes halogenated alkanes) is 12.